The average molecular weight is 434 g/mol. The molecule has 2 aromatic carbocycles. The van der Waals surface area contributed by atoms with Crippen LogP contribution in [-0.2, 0) is 24.0 Å². The van der Waals surface area contributed by atoms with Crippen molar-refractivity contribution >= 4 is 23.9 Å². The minimum absolute atomic E-state index is 0.0178. The summed E-state index contributed by atoms with van der Waals surface area (Å²) in [6.07, 6.45) is -0.870. The molecule has 0 bridgehead atoms. The van der Waals surface area contributed by atoms with Gasteiger partial charge < -0.3 is 9.57 Å². The van der Waals surface area contributed by atoms with Crippen LogP contribution in [0, 0.1) is 0 Å². The van der Waals surface area contributed by atoms with Crippen LogP contribution in [0.2, 0.25) is 0 Å². The molecule has 3 amide bonds. The molecule has 0 aromatic heterocycles. The molecule has 8 nitrogen and oxygen atoms in total. The molecule has 0 atom stereocenters. The Bertz CT molecular complexity index is 1090. The number of fused-ring (bicyclic) bond motifs is 3. The molecule has 1 heterocycles. The summed E-state index contributed by atoms with van der Waals surface area (Å²) in [5.74, 6) is -2.34. The monoisotopic (exact) mass is 434 g/mol. The fourth-order valence-corrected chi connectivity index (χ4v) is 3.90. The van der Waals surface area contributed by atoms with Gasteiger partial charge in [-0.25, -0.2) is 9.59 Å². The van der Waals surface area contributed by atoms with E-state index in [1.807, 2.05) is 48.5 Å². The Morgan fingerprint density at radius 1 is 0.938 bits per heavy atom. The number of alkyl carbamates (subject to hydrolysis) is 1. The number of nitrogens with one attached hydrogen (secondary N) is 1. The van der Waals surface area contributed by atoms with Crippen LogP contribution in [0.25, 0.3) is 11.1 Å². The number of allylic oxidation sites excluding steroid dienone is 1. The lowest BCUT2D eigenvalue weighted by Crippen LogP contribution is -2.37. The summed E-state index contributed by atoms with van der Waals surface area (Å²) >= 11 is 0. The van der Waals surface area contributed by atoms with E-state index in [1.54, 1.807) is 13.8 Å². The standard InChI is InChI=1S/C24H22N2O6/c1-14(2)22(23(29)32-26-20(27)11-12-21(26)28)25-24(30)31-13-19-17-9-5-3-7-15(17)16-8-4-6-10-18(16)19/h3-10,19H,11-13H2,1-2H3,(H,25,30). The van der Waals surface area contributed by atoms with Crippen LogP contribution >= 0.6 is 0 Å². The van der Waals surface area contributed by atoms with Crippen LogP contribution in [0.4, 0.5) is 4.79 Å². The zero-order chi connectivity index (χ0) is 22.8. The van der Waals surface area contributed by atoms with E-state index >= 15 is 0 Å². The number of rotatable bonds is 5. The lowest BCUT2D eigenvalue weighted by Gasteiger charge is -2.17. The van der Waals surface area contributed by atoms with E-state index in [0.29, 0.717) is 10.6 Å². The van der Waals surface area contributed by atoms with Crippen LogP contribution in [0.15, 0.2) is 59.8 Å². The second-order valence-electron chi connectivity index (χ2n) is 7.79. The SMILES string of the molecule is CC(C)=C(NC(=O)OCC1c2ccccc2-c2ccccc21)C(=O)ON1C(=O)CCC1=O. The third kappa shape index (κ3) is 3.99. The normalized spacial score (nSPS) is 14.6. The van der Waals surface area contributed by atoms with Gasteiger partial charge in [-0.1, -0.05) is 48.5 Å². The van der Waals surface area contributed by atoms with Crippen LogP contribution < -0.4 is 5.32 Å². The highest BCUT2D eigenvalue weighted by Gasteiger charge is 2.34. The summed E-state index contributed by atoms with van der Waals surface area (Å²) in [5.41, 5.74) is 4.58. The maximum atomic E-state index is 12.5. The van der Waals surface area contributed by atoms with E-state index in [4.69, 9.17) is 9.57 Å². The van der Waals surface area contributed by atoms with Gasteiger partial charge in [-0.2, -0.15) is 0 Å². The quantitative estimate of drug-likeness (QED) is 0.572. The highest BCUT2D eigenvalue weighted by Crippen LogP contribution is 2.44. The third-order valence-corrected chi connectivity index (χ3v) is 5.45. The molecule has 4 rings (SSSR count). The Morgan fingerprint density at radius 3 is 2.00 bits per heavy atom. The van der Waals surface area contributed by atoms with Gasteiger partial charge in [0.05, 0.1) is 0 Å². The number of hydrogen-bond donors (Lipinski definition) is 1. The number of imide groups is 1. The van der Waals surface area contributed by atoms with Crippen molar-refractivity contribution in [1.29, 1.82) is 0 Å². The zero-order valence-corrected chi connectivity index (χ0v) is 17.7. The minimum Gasteiger partial charge on any atom is -0.448 e. The molecule has 164 valence electrons. The van der Waals surface area contributed by atoms with E-state index < -0.39 is 23.9 Å². The van der Waals surface area contributed by atoms with Gasteiger partial charge in [0, 0.05) is 18.8 Å². The summed E-state index contributed by atoms with van der Waals surface area (Å²) in [6.45, 7) is 3.26. The maximum Gasteiger partial charge on any atom is 0.411 e. The molecular weight excluding hydrogens is 412 g/mol. The number of benzene rings is 2. The number of nitrogens with zero attached hydrogens (tertiary/aromatic N) is 1. The van der Waals surface area contributed by atoms with Crippen LogP contribution in [-0.4, -0.2) is 35.5 Å². The Morgan fingerprint density at radius 2 is 1.47 bits per heavy atom. The van der Waals surface area contributed by atoms with E-state index in [2.05, 4.69) is 5.32 Å². The number of hydroxylamine groups is 2. The fraction of sp³-hybridized carbons (Fsp3) is 0.250. The van der Waals surface area contributed by atoms with Gasteiger partial charge in [0.15, 0.2) is 0 Å². The summed E-state index contributed by atoms with van der Waals surface area (Å²) in [6, 6.07) is 15.9. The van der Waals surface area contributed by atoms with Crippen LogP contribution in [0.5, 0.6) is 0 Å². The molecule has 0 unspecified atom stereocenters. The molecule has 1 N–H and O–H groups in total. The second kappa shape index (κ2) is 8.66. The van der Waals surface area contributed by atoms with Crippen molar-refractivity contribution in [2.24, 2.45) is 0 Å². The van der Waals surface area contributed by atoms with Gasteiger partial charge in [-0.05, 0) is 41.7 Å². The first-order chi connectivity index (χ1) is 15.4. The van der Waals surface area contributed by atoms with Gasteiger partial charge >= 0.3 is 12.1 Å². The molecule has 1 aliphatic carbocycles. The Balaban J connectivity index is 1.43. The van der Waals surface area contributed by atoms with E-state index in [1.165, 1.54) is 0 Å². The molecule has 0 saturated carbocycles. The number of carbonyl (C=O) groups is 4. The van der Waals surface area contributed by atoms with E-state index in [9.17, 15) is 19.2 Å². The smallest absolute Gasteiger partial charge is 0.411 e. The summed E-state index contributed by atoms with van der Waals surface area (Å²) in [5, 5.41) is 2.82. The van der Waals surface area contributed by atoms with Crippen molar-refractivity contribution in [3.63, 3.8) is 0 Å². The largest absolute Gasteiger partial charge is 0.448 e. The van der Waals surface area contributed by atoms with Crippen molar-refractivity contribution in [2.45, 2.75) is 32.6 Å². The minimum atomic E-state index is -1.01. The predicted octanol–water partition coefficient (Wildman–Crippen LogP) is 3.43. The van der Waals surface area contributed by atoms with E-state index in [-0.39, 0.29) is 31.1 Å². The lowest BCUT2D eigenvalue weighted by atomic mass is 9.98. The van der Waals surface area contributed by atoms with E-state index in [0.717, 1.165) is 22.3 Å². The number of ether oxygens (including phenoxy) is 1. The predicted molar refractivity (Wildman–Crippen MR) is 114 cm³/mol. The Labute approximate surface area is 184 Å². The average Bonchev–Trinajstić information content (AvgIpc) is 3.27. The highest BCUT2D eigenvalue weighted by atomic mass is 16.7. The van der Waals surface area contributed by atoms with Gasteiger partial charge in [0.1, 0.15) is 12.3 Å². The van der Waals surface area contributed by atoms with Crippen LogP contribution in [0.3, 0.4) is 0 Å². The first kappa shape index (κ1) is 21.3. The fourth-order valence-electron chi connectivity index (χ4n) is 3.90. The zero-order valence-electron chi connectivity index (χ0n) is 17.7. The molecule has 1 aliphatic heterocycles. The molecule has 2 aliphatic rings. The van der Waals surface area contributed by atoms with Gasteiger partial charge in [0.25, 0.3) is 11.8 Å². The van der Waals surface area contributed by atoms with Crippen molar-refractivity contribution in [3.05, 3.63) is 70.9 Å². The number of amides is 3. The summed E-state index contributed by atoms with van der Waals surface area (Å²) < 4.78 is 5.44. The molecule has 8 heteroatoms. The second-order valence-corrected chi connectivity index (χ2v) is 7.79. The first-order valence-corrected chi connectivity index (χ1v) is 10.2. The maximum absolute atomic E-state index is 12.5. The van der Waals surface area contributed by atoms with Gasteiger partial charge in [0.2, 0.25) is 0 Å². The van der Waals surface area contributed by atoms with Gasteiger partial charge in [-0.3, -0.25) is 14.9 Å². The molecule has 1 fully saturated rings. The Kier molecular flexibility index (Phi) is 5.77. The molecule has 0 radical (unpaired) electrons. The van der Waals surface area contributed by atoms with Crippen molar-refractivity contribution in [1.82, 2.24) is 10.4 Å². The molecule has 1 saturated heterocycles. The first-order valence-electron chi connectivity index (χ1n) is 10.2. The summed E-state index contributed by atoms with van der Waals surface area (Å²) in [7, 11) is 0. The topological polar surface area (TPSA) is 102 Å². The Hall–Kier alpha value is -3.94. The molecule has 0 spiro atoms. The summed E-state index contributed by atoms with van der Waals surface area (Å²) in [4.78, 5) is 53.2. The van der Waals surface area contributed by atoms with Crippen LogP contribution in [0.1, 0.15) is 43.7 Å². The van der Waals surface area contributed by atoms with Crippen molar-refractivity contribution in [2.75, 3.05) is 6.61 Å². The number of carbonyl (C=O) groups excluding carboxylic acids is 4. The number of hydrogen-bond acceptors (Lipinski definition) is 6. The highest BCUT2D eigenvalue weighted by molar-refractivity contribution is 6.03. The van der Waals surface area contributed by atoms with Crippen molar-refractivity contribution in [3.8, 4) is 11.1 Å². The molecule has 2 aromatic rings. The van der Waals surface area contributed by atoms with Gasteiger partial charge in [-0.15, -0.1) is 5.06 Å². The molecule has 32 heavy (non-hydrogen) atoms. The molecular formula is C24H22N2O6. The van der Waals surface area contributed by atoms with Crippen molar-refractivity contribution < 1.29 is 28.8 Å². The third-order valence-electron chi connectivity index (χ3n) is 5.45. The lowest BCUT2D eigenvalue weighted by molar-refractivity contribution is -0.194.